The summed E-state index contributed by atoms with van der Waals surface area (Å²) in [7, 11) is 0. The van der Waals surface area contributed by atoms with Crippen LogP contribution in [-0.4, -0.2) is 64.2 Å². The van der Waals surface area contributed by atoms with Crippen LogP contribution in [0.3, 0.4) is 0 Å². The Morgan fingerprint density at radius 3 is 1.81 bits per heavy atom. The first-order chi connectivity index (χ1) is 26.8. The lowest BCUT2D eigenvalue weighted by molar-refractivity contribution is -0.323. The second-order valence-corrected chi connectivity index (χ2v) is 16.7. The number of aliphatic hydroxyl groups is 3. The summed E-state index contributed by atoms with van der Waals surface area (Å²) < 4.78 is 16.9. The molecule has 2 aliphatic rings. The van der Waals surface area contributed by atoms with Crippen molar-refractivity contribution in [3.8, 4) is 0 Å². The fraction of sp³-hybridized carbons (Fsp3) is 0.500. The normalized spacial score (nSPS) is 25.2. The van der Waals surface area contributed by atoms with Gasteiger partial charge < -0.3 is 29.5 Å². The van der Waals surface area contributed by atoms with Crippen molar-refractivity contribution in [1.29, 1.82) is 0 Å². The third-order valence-electron chi connectivity index (χ3n) is 10.00. The molecule has 7 nitrogen and oxygen atoms in total. The van der Waals surface area contributed by atoms with Crippen molar-refractivity contribution < 1.29 is 34.3 Å². The number of aliphatic hydroxyl groups excluding tert-OH is 3. The number of hydrogen-bond acceptors (Lipinski definition) is 7. The van der Waals surface area contributed by atoms with Gasteiger partial charge in [-0.05, 0) is 98.5 Å². The van der Waals surface area contributed by atoms with Crippen LogP contribution >= 0.6 is 0 Å². The van der Waals surface area contributed by atoms with Gasteiger partial charge in [0.05, 0.1) is 5.60 Å². The van der Waals surface area contributed by atoms with Crippen LogP contribution in [0.2, 0.25) is 0 Å². The Bertz CT molecular complexity index is 1680. The molecule has 7 heteroatoms. The van der Waals surface area contributed by atoms with Gasteiger partial charge in [0.2, 0.25) is 0 Å². The third kappa shape index (κ3) is 19.0. The second-order valence-electron chi connectivity index (χ2n) is 16.7. The van der Waals surface area contributed by atoms with Gasteiger partial charge in [0.25, 0.3) is 0 Å². The second kappa shape index (κ2) is 24.8. The number of carbonyl (C=O) groups is 1. The van der Waals surface area contributed by atoms with Crippen LogP contribution in [-0.2, 0) is 19.0 Å². The van der Waals surface area contributed by atoms with Gasteiger partial charge in [0, 0.05) is 6.42 Å². The Hall–Kier alpha value is -3.85. The standard InChI is InChI=1S/C50H72O7/c1-12-20-44(51)55-35-43-45(52)46(53)47(54)48(56-43)57-50(10,11)34-18-29-39(5)27-16-26-38(4)25-15-23-36(2)21-13-14-22-37(3)24-17-28-40(6)31-32-42-41(7)30-19-33-49(42,8)9/h13-18,21-29,31-32,43,45-48,52-54H,12,19-20,30,33-35H2,1-11H3. The van der Waals surface area contributed by atoms with Crippen LogP contribution < -0.4 is 0 Å². The van der Waals surface area contributed by atoms with Gasteiger partial charge in [-0.15, -0.1) is 0 Å². The molecular formula is C50H72O7. The molecule has 1 fully saturated rings. The molecule has 0 radical (unpaired) electrons. The average molecular weight is 785 g/mol. The molecule has 1 heterocycles. The molecule has 314 valence electrons. The average Bonchev–Trinajstić information content (AvgIpc) is 3.12. The fourth-order valence-electron chi connectivity index (χ4n) is 6.47. The van der Waals surface area contributed by atoms with Gasteiger partial charge in [-0.2, -0.15) is 0 Å². The maximum atomic E-state index is 11.8. The van der Waals surface area contributed by atoms with E-state index >= 15 is 0 Å². The summed E-state index contributed by atoms with van der Waals surface area (Å²) in [5.74, 6) is -0.418. The maximum Gasteiger partial charge on any atom is 0.305 e. The van der Waals surface area contributed by atoms with E-state index in [4.69, 9.17) is 14.2 Å². The van der Waals surface area contributed by atoms with Gasteiger partial charge in [0.15, 0.2) is 6.29 Å². The highest BCUT2D eigenvalue weighted by atomic mass is 16.7. The third-order valence-corrected chi connectivity index (χ3v) is 10.00. The van der Waals surface area contributed by atoms with Crippen molar-refractivity contribution in [3.05, 3.63) is 142 Å². The quantitative estimate of drug-likeness (QED) is 0.0885. The number of rotatable bonds is 19. The van der Waals surface area contributed by atoms with E-state index < -0.39 is 42.3 Å². The van der Waals surface area contributed by atoms with E-state index in [0.717, 1.165) is 16.7 Å². The molecule has 0 bridgehead atoms. The number of allylic oxidation sites excluding steroid dienone is 23. The molecule has 0 amide bonds. The van der Waals surface area contributed by atoms with Crippen LogP contribution in [0.5, 0.6) is 0 Å². The van der Waals surface area contributed by atoms with E-state index in [1.165, 1.54) is 41.6 Å². The molecule has 2 rings (SSSR count). The Labute approximate surface area is 344 Å². The topological polar surface area (TPSA) is 105 Å². The lowest BCUT2D eigenvalue weighted by Crippen LogP contribution is -2.60. The molecular weight excluding hydrogens is 713 g/mol. The van der Waals surface area contributed by atoms with Crippen molar-refractivity contribution in [3.63, 3.8) is 0 Å². The fourth-order valence-corrected chi connectivity index (χ4v) is 6.47. The van der Waals surface area contributed by atoms with Crippen molar-refractivity contribution in [2.24, 2.45) is 5.41 Å². The van der Waals surface area contributed by atoms with Crippen molar-refractivity contribution in [2.45, 2.75) is 151 Å². The van der Waals surface area contributed by atoms with Crippen LogP contribution in [0.1, 0.15) is 115 Å². The van der Waals surface area contributed by atoms with E-state index in [-0.39, 0.29) is 18.4 Å². The van der Waals surface area contributed by atoms with Crippen LogP contribution in [0, 0.1) is 5.41 Å². The van der Waals surface area contributed by atoms with Gasteiger partial charge in [0.1, 0.15) is 31.0 Å². The van der Waals surface area contributed by atoms with E-state index in [1.807, 2.05) is 58.1 Å². The molecule has 1 aliphatic carbocycles. The van der Waals surface area contributed by atoms with Crippen molar-refractivity contribution >= 4 is 5.97 Å². The number of ether oxygens (including phenoxy) is 3. The zero-order chi connectivity index (χ0) is 42.6. The highest BCUT2D eigenvalue weighted by molar-refractivity contribution is 5.69. The van der Waals surface area contributed by atoms with Crippen LogP contribution in [0.25, 0.3) is 0 Å². The first kappa shape index (κ1) is 49.3. The molecule has 57 heavy (non-hydrogen) atoms. The first-order valence-electron chi connectivity index (χ1n) is 20.5. The largest absolute Gasteiger partial charge is 0.463 e. The smallest absolute Gasteiger partial charge is 0.305 e. The molecule has 0 spiro atoms. The summed E-state index contributed by atoms with van der Waals surface area (Å²) in [4.78, 5) is 11.8. The summed E-state index contributed by atoms with van der Waals surface area (Å²) in [5.41, 5.74) is 8.25. The molecule has 1 saturated heterocycles. The molecule has 5 atom stereocenters. The molecule has 3 N–H and O–H groups in total. The first-order valence-corrected chi connectivity index (χ1v) is 20.5. The number of carbonyl (C=O) groups excluding carboxylic acids is 1. The van der Waals surface area contributed by atoms with E-state index in [9.17, 15) is 20.1 Å². The summed E-state index contributed by atoms with van der Waals surface area (Å²) in [6.07, 6.45) is 34.0. The SMILES string of the molecule is CCCC(=O)OCC1OC(OC(C)(C)CC=CC(C)=CC=CC(C)=CC=CC(C)=CC=CC=C(C)C=CC=C(C)C=CC2=C(C)CCCC2(C)C)C(O)C(O)C1O. The minimum absolute atomic E-state index is 0.244. The van der Waals surface area contributed by atoms with E-state index in [1.54, 1.807) is 0 Å². The molecule has 0 aromatic heterocycles. The van der Waals surface area contributed by atoms with Gasteiger partial charge in [-0.3, -0.25) is 4.79 Å². The minimum atomic E-state index is -1.50. The lowest BCUT2D eigenvalue weighted by Gasteiger charge is -2.42. The highest BCUT2D eigenvalue weighted by Crippen LogP contribution is 2.40. The van der Waals surface area contributed by atoms with Crippen molar-refractivity contribution in [2.75, 3.05) is 6.61 Å². The molecule has 0 saturated carbocycles. The lowest BCUT2D eigenvalue weighted by atomic mass is 9.72. The Balaban J connectivity index is 1.83. The van der Waals surface area contributed by atoms with Crippen molar-refractivity contribution in [1.82, 2.24) is 0 Å². The van der Waals surface area contributed by atoms with Gasteiger partial charge >= 0.3 is 5.97 Å². The minimum Gasteiger partial charge on any atom is -0.463 e. The zero-order valence-corrected chi connectivity index (χ0v) is 36.6. The summed E-state index contributed by atoms with van der Waals surface area (Å²) in [6, 6.07) is 0. The Kier molecular flexibility index (Phi) is 21.5. The molecule has 0 aromatic rings. The summed E-state index contributed by atoms with van der Waals surface area (Å²) in [6.45, 7) is 22.7. The Morgan fingerprint density at radius 2 is 1.28 bits per heavy atom. The van der Waals surface area contributed by atoms with E-state index in [2.05, 4.69) is 121 Å². The summed E-state index contributed by atoms with van der Waals surface area (Å²) in [5, 5.41) is 31.2. The van der Waals surface area contributed by atoms with Crippen LogP contribution in [0.15, 0.2) is 142 Å². The molecule has 0 aromatic carbocycles. The number of hydrogen-bond donors (Lipinski definition) is 3. The van der Waals surface area contributed by atoms with E-state index in [0.29, 0.717) is 12.8 Å². The zero-order valence-electron chi connectivity index (χ0n) is 36.6. The molecule has 5 unspecified atom stereocenters. The highest BCUT2D eigenvalue weighted by Gasteiger charge is 2.46. The predicted molar refractivity (Wildman–Crippen MR) is 236 cm³/mol. The summed E-state index contributed by atoms with van der Waals surface area (Å²) >= 11 is 0. The molecule has 1 aliphatic heterocycles. The maximum absolute atomic E-state index is 11.8. The number of esters is 1. The van der Waals surface area contributed by atoms with Crippen LogP contribution in [0.4, 0.5) is 0 Å². The van der Waals surface area contributed by atoms with Gasteiger partial charge in [-0.1, -0.05) is 158 Å². The predicted octanol–water partition coefficient (Wildman–Crippen LogP) is 10.9. The monoisotopic (exact) mass is 785 g/mol. The Morgan fingerprint density at radius 1 is 0.772 bits per heavy atom. The van der Waals surface area contributed by atoms with Gasteiger partial charge in [-0.25, -0.2) is 0 Å².